The molecule has 0 bridgehead atoms. The van der Waals surface area contributed by atoms with Crippen LogP contribution in [0, 0.1) is 6.92 Å². The van der Waals surface area contributed by atoms with Gasteiger partial charge in [-0.25, -0.2) is 4.98 Å². The third-order valence-electron chi connectivity index (χ3n) is 8.47. The van der Waals surface area contributed by atoms with Gasteiger partial charge in [0.05, 0.1) is 22.9 Å². The Hall–Kier alpha value is -5.38. The highest BCUT2D eigenvalue weighted by Crippen LogP contribution is 2.41. The average Bonchev–Trinajstić information content (AvgIpc) is 3.47. The van der Waals surface area contributed by atoms with Gasteiger partial charge in [-0.3, -0.25) is 4.98 Å². The van der Waals surface area contributed by atoms with E-state index >= 15 is 0 Å². The zero-order chi connectivity index (χ0) is 29.6. The first-order valence-electron chi connectivity index (χ1n) is 14.8. The second-order valence-corrected chi connectivity index (χ2v) is 12.1. The van der Waals surface area contributed by atoms with Crippen molar-refractivity contribution in [2.75, 3.05) is 0 Å². The lowest BCUT2D eigenvalue weighted by atomic mass is 9.96. The summed E-state index contributed by atoms with van der Waals surface area (Å²) in [5.74, 6) is 0. The number of aromatic nitrogens is 2. The Morgan fingerprint density at radius 3 is 2.11 bits per heavy atom. The van der Waals surface area contributed by atoms with Crippen LogP contribution >= 0.6 is 11.3 Å². The summed E-state index contributed by atoms with van der Waals surface area (Å²) < 4.78 is 2.65. The molecule has 0 fully saturated rings. The van der Waals surface area contributed by atoms with Crippen LogP contribution in [0.3, 0.4) is 0 Å². The summed E-state index contributed by atoms with van der Waals surface area (Å²) in [7, 11) is 0. The summed E-state index contributed by atoms with van der Waals surface area (Å²) in [6, 6.07) is 41.3. The third kappa shape index (κ3) is 4.33. The van der Waals surface area contributed by atoms with Gasteiger partial charge in [0.15, 0.2) is 0 Å². The highest BCUT2D eigenvalue weighted by atomic mass is 32.1. The van der Waals surface area contributed by atoms with Crippen molar-refractivity contribution < 1.29 is 0 Å². The van der Waals surface area contributed by atoms with E-state index in [1.165, 1.54) is 42.2 Å². The Balaban J connectivity index is 1.23. The zero-order valence-corrected chi connectivity index (χ0v) is 25.1. The molecule has 0 N–H and O–H groups in total. The fourth-order valence-corrected chi connectivity index (χ4v) is 7.56. The van der Waals surface area contributed by atoms with E-state index in [-0.39, 0.29) is 0 Å². The Kier molecular flexibility index (Phi) is 6.40. The van der Waals surface area contributed by atoms with E-state index in [4.69, 9.17) is 9.97 Å². The van der Waals surface area contributed by atoms with E-state index in [9.17, 15) is 0 Å². The number of benzene rings is 6. The van der Waals surface area contributed by atoms with Gasteiger partial charge in [-0.1, -0.05) is 122 Å². The number of allylic oxidation sites excluding steroid dienone is 2. The van der Waals surface area contributed by atoms with Crippen molar-refractivity contribution in [3.8, 4) is 33.5 Å². The molecular formula is C41H28N2S. The molecule has 2 heterocycles. The molecule has 0 saturated heterocycles. The predicted octanol–water partition coefficient (Wildman–Crippen LogP) is 11.7. The fraction of sp³-hybridized carbons (Fsp3) is 0.0244. The molecule has 0 amide bonds. The molecule has 0 aliphatic heterocycles. The van der Waals surface area contributed by atoms with Crippen LogP contribution in [0.1, 0.15) is 11.1 Å². The molecular weight excluding hydrogens is 553 g/mol. The minimum Gasteiger partial charge on any atom is -0.252 e. The van der Waals surface area contributed by atoms with Gasteiger partial charge in [-0.15, -0.1) is 11.3 Å². The number of fused-ring (bicyclic) bond motifs is 6. The lowest BCUT2D eigenvalue weighted by Crippen LogP contribution is -1.95. The molecule has 208 valence electrons. The summed E-state index contributed by atoms with van der Waals surface area (Å²) in [6.07, 6.45) is 7.80. The summed E-state index contributed by atoms with van der Waals surface area (Å²) in [6.45, 7) is 5.97. The van der Waals surface area contributed by atoms with E-state index in [1.54, 1.807) is 6.08 Å². The van der Waals surface area contributed by atoms with Crippen LogP contribution in [0.4, 0.5) is 0 Å². The molecule has 0 spiro atoms. The van der Waals surface area contributed by atoms with Gasteiger partial charge in [0.25, 0.3) is 0 Å². The van der Waals surface area contributed by atoms with Crippen molar-refractivity contribution >= 4 is 59.4 Å². The van der Waals surface area contributed by atoms with Gasteiger partial charge in [0.2, 0.25) is 0 Å². The minimum absolute atomic E-state index is 0.865. The molecule has 0 atom stereocenters. The van der Waals surface area contributed by atoms with Gasteiger partial charge >= 0.3 is 0 Å². The van der Waals surface area contributed by atoms with Gasteiger partial charge in [-0.2, -0.15) is 0 Å². The van der Waals surface area contributed by atoms with Crippen molar-refractivity contribution in [3.63, 3.8) is 0 Å². The van der Waals surface area contributed by atoms with Crippen LogP contribution in [0.15, 0.2) is 140 Å². The van der Waals surface area contributed by atoms with Gasteiger partial charge < -0.3 is 0 Å². The molecule has 0 saturated carbocycles. The van der Waals surface area contributed by atoms with Crippen molar-refractivity contribution in [1.82, 2.24) is 9.97 Å². The van der Waals surface area contributed by atoms with Crippen molar-refractivity contribution in [2.24, 2.45) is 0 Å². The normalized spacial score (nSPS) is 11.8. The molecule has 0 radical (unpaired) electrons. The number of thiophene rings is 1. The molecule has 3 heteroatoms. The molecule has 2 nitrogen and oxygen atoms in total. The first kappa shape index (κ1) is 26.3. The maximum absolute atomic E-state index is 5.21. The molecule has 8 aromatic rings. The summed E-state index contributed by atoms with van der Waals surface area (Å²) in [5, 5.41) is 4.91. The SMILES string of the molecule is C=C/C=C\c1c(C)c2ncc(-c3cccc(-c4cccc(-c5cccc6c5sc5ccccc56)c4)c3)nc2c2ccccc12. The van der Waals surface area contributed by atoms with Crippen LogP contribution in [-0.4, -0.2) is 9.97 Å². The van der Waals surface area contributed by atoms with E-state index in [1.807, 2.05) is 23.6 Å². The van der Waals surface area contributed by atoms with Crippen LogP contribution in [0.2, 0.25) is 0 Å². The average molecular weight is 581 g/mol. The maximum Gasteiger partial charge on any atom is 0.0975 e. The highest BCUT2D eigenvalue weighted by molar-refractivity contribution is 7.26. The molecule has 0 aliphatic carbocycles. The zero-order valence-electron chi connectivity index (χ0n) is 24.3. The van der Waals surface area contributed by atoms with Gasteiger partial charge in [-0.05, 0) is 63.9 Å². The molecule has 8 rings (SSSR count). The first-order chi connectivity index (χ1) is 21.7. The van der Waals surface area contributed by atoms with E-state index in [0.717, 1.165) is 44.4 Å². The number of aryl methyl sites for hydroxylation is 1. The number of hydrogen-bond donors (Lipinski definition) is 0. The Morgan fingerprint density at radius 2 is 1.30 bits per heavy atom. The van der Waals surface area contributed by atoms with Crippen LogP contribution < -0.4 is 0 Å². The summed E-state index contributed by atoms with van der Waals surface area (Å²) in [4.78, 5) is 10.2. The number of rotatable bonds is 5. The Labute approximate surface area is 260 Å². The van der Waals surface area contributed by atoms with Gasteiger partial charge in [0, 0.05) is 31.1 Å². The van der Waals surface area contributed by atoms with Gasteiger partial charge in [0.1, 0.15) is 0 Å². The van der Waals surface area contributed by atoms with Crippen molar-refractivity contribution in [2.45, 2.75) is 6.92 Å². The molecule has 2 aromatic heterocycles. The molecule has 0 unspecified atom stereocenters. The van der Waals surface area contributed by atoms with E-state index in [0.29, 0.717) is 0 Å². The summed E-state index contributed by atoms with van der Waals surface area (Å²) >= 11 is 1.87. The Bertz CT molecular complexity index is 2430. The molecule has 6 aromatic carbocycles. The van der Waals surface area contributed by atoms with Crippen LogP contribution in [-0.2, 0) is 0 Å². The second kappa shape index (κ2) is 10.7. The van der Waals surface area contributed by atoms with E-state index in [2.05, 4.69) is 135 Å². The van der Waals surface area contributed by atoms with Crippen LogP contribution in [0.25, 0.3) is 81.6 Å². The second-order valence-electron chi connectivity index (χ2n) is 11.1. The summed E-state index contributed by atoms with van der Waals surface area (Å²) in [5.41, 5.74) is 10.9. The standard InChI is InChI=1S/C41H28N2S/c1-3-4-16-31-26(2)39-40(35-19-6-5-17-33(31)35)43-37(25-42-39)30-15-10-13-28(24-30)27-12-9-14-29(23-27)32-20-11-21-36-34-18-7-8-22-38(34)44-41(32)36/h3-25H,1H2,2H3/b16-4-. The van der Waals surface area contributed by atoms with Crippen LogP contribution in [0.5, 0.6) is 0 Å². The quantitative estimate of drug-likeness (QED) is 0.149. The van der Waals surface area contributed by atoms with Crippen molar-refractivity contribution in [1.29, 1.82) is 0 Å². The largest absolute Gasteiger partial charge is 0.252 e. The maximum atomic E-state index is 5.21. The monoisotopic (exact) mass is 580 g/mol. The topological polar surface area (TPSA) is 25.8 Å². The third-order valence-corrected chi connectivity index (χ3v) is 9.69. The minimum atomic E-state index is 0.865. The van der Waals surface area contributed by atoms with Crippen molar-refractivity contribution in [3.05, 3.63) is 151 Å². The lowest BCUT2D eigenvalue weighted by molar-refractivity contribution is 1.28. The molecule has 0 aliphatic rings. The first-order valence-corrected chi connectivity index (χ1v) is 15.6. The smallest absolute Gasteiger partial charge is 0.0975 e. The number of hydrogen-bond acceptors (Lipinski definition) is 3. The highest BCUT2D eigenvalue weighted by Gasteiger charge is 2.15. The lowest BCUT2D eigenvalue weighted by Gasteiger charge is -2.13. The Morgan fingerprint density at radius 1 is 0.636 bits per heavy atom. The number of nitrogens with zero attached hydrogens (tertiary/aromatic N) is 2. The predicted molar refractivity (Wildman–Crippen MR) is 190 cm³/mol. The molecule has 44 heavy (non-hydrogen) atoms. The van der Waals surface area contributed by atoms with E-state index < -0.39 is 0 Å². The fourth-order valence-electron chi connectivity index (χ4n) is 6.32.